The number of rotatable bonds is 16. The second-order valence-electron chi connectivity index (χ2n) is 13.8. The molecule has 3 aliphatic heterocycles. The van der Waals surface area contributed by atoms with E-state index >= 15 is 0 Å². The third-order valence-electron chi connectivity index (χ3n) is 8.46. The minimum Gasteiger partial charge on any atom is -0.463 e. The summed E-state index contributed by atoms with van der Waals surface area (Å²) >= 11 is 0. The Morgan fingerprint density at radius 2 is 0.694 bits per heavy atom. The third kappa shape index (κ3) is 15.1. The van der Waals surface area contributed by atoms with Crippen molar-refractivity contribution in [3.8, 4) is 0 Å². The van der Waals surface area contributed by atoms with Crippen LogP contribution in [0.3, 0.4) is 0 Å². The molecule has 3 saturated heterocycles. The quantitative estimate of drug-likeness (QED) is 0.129. The van der Waals surface area contributed by atoms with Crippen LogP contribution in [0.25, 0.3) is 0 Å². The second-order valence-corrected chi connectivity index (χ2v) is 13.8. The van der Waals surface area contributed by atoms with E-state index in [9.17, 15) is 47.9 Å². The maximum absolute atomic E-state index is 12.8. The first kappa shape index (κ1) is 50.9. The topological polar surface area (TPSA) is 309 Å². The average molecular weight is 895 g/mol. The molecular formula is C37H50O25. The van der Waals surface area contributed by atoms with Gasteiger partial charge in [0.15, 0.2) is 67.5 Å². The van der Waals surface area contributed by atoms with Crippen LogP contribution in [-0.4, -0.2) is 166 Å². The van der Waals surface area contributed by atoms with E-state index < -0.39 is 166 Å². The van der Waals surface area contributed by atoms with Gasteiger partial charge in [0.05, 0.1) is 6.61 Å². The summed E-state index contributed by atoms with van der Waals surface area (Å²) in [6.45, 7) is 8.09. The van der Waals surface area contributed by atoms with Gasteiger partial charge in [0.2, 0.25) is 6.29 Å². The SMILES string of the molecule is CC(=O)OC[C@H]1O[C@@H](O[C@H]2[C@H](OC(C)=O)O[C@H](COC(C)=O)[C@@H](OC(C)=O)[C@@H]2OC(C)=O)[C@H](O[C@H]2OC[C@H](OC(C)=O)[C@@H](OC(C)=O)[C@@H]2OC(C)=O)[C@@H](OC(C)=O)[C@@H]1OC(C)=O. The number of hydrogen-bond donors (Lipinski definition) is 0. The van der Waals surface area contributed by atoms with E-state index in [1.165, 1.54) is 0 Å². The van der Waals surface area contributed by atoms with E-state index in [1.807, 2.05) is 0 Å². The van der Waals surface area contributed by atoms with Crippen LogP contribution in [0.1, 0.15) is 69.2 Å². The Labute approximate surface area is 353 Å². The molecule has 25 heteroatoms. The monoisotopic (exact) mass is 894 g/mol. The molecule has 14 atom stereocenters. The number of hydrogen-bond acceptors (Lipinski definition) is 25. The van der Waals surface area contributed by atoms with Crippen molar-refractivity contribution in [2.75, 3.05) is 19.8 Å². The molecule has 0 radical (unpaired) electrons. The Morgan fingerprint density at radius 1 is 0.355 bits per heavy atom. The van der Waals surface area contributed by atoms with Crippen molar-refractivity contribution < 1.29 is 119 Å². The van der Waals surface area contributed by atoms with Gasteiger partial charge in [-0.05, 0) is 0 Å². The molecule has 3 rings (SSSR count). The van der Waals surface area contributed by atoms with Gasteiger partial charge < -0.3 is 71.1 Å². The molecule has 3 fully saturated rings. The van der Waals surface area contributed by atoms with Gasteiger partial charge in [0, 0.05) is 69.2 Å². The minimum absolute atomic E-state index is 0.576. The summed E-state index contributed by atoms with van der Waals surface area (Å²) in [5, 5.41) is 0. The molecular weight excluding hydrogens is 844 g/mol. The highest BCUT2D eigenvalue weighted by Gasteiger charge is 2.59. The summed E-state index contributed by atoms with van der Waals surface area (Å²) in [7, 11) is 0. The molecule has 0 aromatic heterocycles. The van der Waals surface area contributed by atoms with Crippen LogP contribution >= 0.6 is 0 Å². The highest BCUT2D eigenvalue weighted by molar-refractivity contribution is 5.70. The zero-order valence-electron chi connectivity index (χ0n) is 35.4. The van der Waals surface area contributed by atoms with E-state index in [0.717, 1.165) is 69.2 Å². The van der Waals surface area contributed by atoms with Crippen LogP contribution in [0.4, 0.5) is 0 Å². The first-order valence-corrected chi connectivity index (χ1v) is 18.8. The molecule has 0 aromatic carbocycles. The fourth-order valence-corrected chi connectivity index (χ4v) is 6.54. The van der Waals surface area contributed by atoms with Crippen molar-refractivity contribution in [1.82, 2.24) is 0 Å². The fourth-order valence-electron chi connectivity index (χ4n) is 6.54. The number of carbonyl (C=O) groups excluding carboxylic acids is 10. The number of carbonyl (C=O) groups is 10. The lowest BCUT2D eigenvalue weighted by atomic mass is 9.96. The highest BCUT2D eigenvalue weighted by Crippen LogP contribution is 2.37. The van der Waals surface area contributed by atoms with Crippen LogP contribution in [0, 0.1) is 0 Å². The third-order valence-corrected chi connectivity index (χ3v) is 8.46. The van der Waals surface area contributed by atoms with E-state index in [2.05, 4.69) is 0 Å². The van der Waals surface area contributed by atoms with Crippen molar-refractivity contribution in [1.29, 1.82) is 0 Å². The summed E-state index contributed by atoms with van der Waals surface area (Å²) in [6, 6.07) is 0. The summed E-state index contributed by atoms with van der Waals surface area (Å²) in [4.78, 5) is 124. The number of ether oxygens (including phenoxy) is 15. The molecule has 0 unspecified atom stereocenters. The molecule has 0 bridgehead atoms. The van der Waals surface area contributed by atoms with Gasteiger partial charge in [-0.3, -0.25) is 47.9 Å². The second kappa shape index (κ2) is 23.1. The maximum Gasteiger partial charge on any atom is 0.305 e. The molecule has 0 aliphatic carbocycles. The highest BCUT2D eigenvalue weighted by atomic mass is 16.8. The first-order chi connectivity index (χ1) is 29.0. The van der Waals surface area contributed by atoms with Gasteiger partial charge >= 0.3 is 59.7 Å². The molecule has 3 aliphatic rings. The van der Waals surface area contributed by atoms with Gasteiger partial charge in [-0.25, -0.2) is 0 Å². The molecule has 3 heterocycles. The predicted molar refractivity (Wildman–Crippen MR) is 191 cm³/mol. The molecule has 0 aromatic rings. The lowest BCUT2D eigenvalue weighted by molar-refractivity contribution is -0.386. The molecule has 0 spiro atoms. The maximum atomic E-state index is 12.8. The van der Waals surface area contributed by atoms with Gasteiger partial charge in [-0.2, -0.15) is 0 Å². The zero-order chi connectivity index (χ0) is 46.6. The number of esters is 10. The van der Waals surface area contributed by atoms with E-state index in [1.54, 1.807) is 0 Å². The Hall–Kier alpha value is -5.50. The molecule has 25 nitrogen and oxygen atoms in total. The average Bonchev–Trinajstić information content (AvgIpc) is 3.12. The van der Waals surface area contributed by atoms with Gasteiger partial charge in [0.25, 0.3) is 0 Å². The molecule has 348 valence electrons. The first-order valence-electron chi connectivity index (χ1n) is 18.8. The molecule has 62 heavy (non-hydrogen) atoms. The molecule has 0 saturated carbocycles. The van der Waals surface area contributed by atoms with Crippen LogP contribution < -0.4 is 0 Å². The van der Waals surface area contributed by atoms with Crippen LogP contribution in [0.2, 0.25) is 0 Å². The Bertz CT molecular complexity index is 1680. The smallest absolute Gasteiger partial charge is 0.305 e. The Balaban J connectivity index is 2.31. The van der Waals surface area contributed by atoms with Crippen LogP contribution in [-0.2, 0) is 119 Å². The van der Waals surface area contributed by atoms with Gasteiger partial charge in [-0.1, -0.05) is 0 Å². The lowest BCUT2D eigenvalue weighted by Crippen LogP contribution is -2.68. The van der Waals surface area contributed by atoms with Crippen molar-refractivity contribution in [3.63, 3.8) is 0 Å². The van der Waals surface area contributed by atoms with E-state index in [4.69, 9.17) is 71.1 Å². The largest absolute Gasteiger partial charge is 0.463 e. The van der Waals surface area contributed by atoms with E-state index in [0.29, 0.717) is 0 Å². The molecule has 0 amide bonds. The Kier molecular flexibility index (Phi) is 18.9. The normalized spacial score (nSPS) is 31.7. The minimum atomic E-state index is -2.07. The summed E-state index contributed by atoms with van der Waals surface area (Å²) in [5.41, 5.74) is 0. The predicted octanol–water partition coefficient (Wildman–Crippen LogP) is -1.23. The summed E-state index contributed by atoms with van der Waals surface area (Å²) in [5.74, 6) is -9.36. The molecule has 0 N–H and O–H groups in total. The van der Waals surface area contributed by atoms with Crippen molar-refractivity contribution in [3.05, 3.63) is 0 Å². The Morgan fingerprint density at radius 3 is 1.10 bits per heavy atom. The van der Waals surface area contributed by atoms with Crippen LogP contribution in [0.15, 0.2) is 0 Å². The summed E-state index contributed by atoms with van der Waals surface area (Å²) in [6.07, 6.45) is -24.7. The summed E-state index contributed by atoms with van der Waals surface area (Å²) < 4.78 is 84.7. The lowest BCUT2D eigenvalue weighted by Gasteiger charge is -2.49. The van der Waals surface area contributed by atoms with Crippen molar-refractivity contribution in [2.45, 2.75) is 155 Å². The van der Waals surface area contributed by atoms with Crippen molar-refractivity contribution in [2.24, 2.45) is 0 Å². The van der Waals surface area contributed by atoms with Crippen LogP contribution in [0.5, 0.6) is 0 Å². The van der Waals surface area contributed by atoms with Gasteiger partial charge in [-0.15, -0.1) is 0 Å². The zero-order valence-corrected chi connectivity index (χ0v) is 35.4. The fraction of sp³-hybridized carbons (Fsp3) is 0.730. The standard InChI is InChI=1S/C37H50O25/c1-14(38)48-11-25-27(52-17(4)41)30(55-20(7)44)33(36(59-25)58-23(10)47)62-37-34(31(56-21(8)45)28(53-18(5)42)26(60-37)12-49-15(2)39)61-35-32(57-22(9)46)29(54-19(6)43)24(13-50-35)51-16(3)40/h24-37H,11-13H2,1-10H3/t24-,25+,26+,27+,28+,29+,30-,31-,32-,33+,34+,35+,36+,37-/m0/s1. The van der Waals surface area contributed by atoms with E-state index in [-0.39, 0.29) is 0 Å². The van der Waals surface area contributed by atoms with Gasteiger partial charge in [0.1, 0.15) is 25.4 Å². The van der Waals surface area contributed by atoms with Crippen molar-refractivity contribution >= 4 is 59.7 Å².